The van der Waals surface area contributed by atoms with E-state index < -0.39 is 0 Å². The van der Waals surface area contributed by atoms with Gasteiger partial charge in [0, 0.05) is 38.4 Å². The van der Waals surface area contributed by atoms with E-state index in [0.717, 1.165) is 19.6 Å². The van der Waals surface area contributed by atoms with Gasteiger partial charge in [0.2, 0.25) is 0 Å². The molecule has 2 aliphatic rings. The topological polar surface area (TPSA) is 27.3 Å². The smallest absolute Gasteiger partial charge is 0.0343 e. The first-order valence-corrected chi connectivity index (χ1v) is 7.70. The Bertz CT molecular complexity index is 410. The molecule has 1 fully saturated rings. The third-order valence-electron chi connectivity index (χ3n) is 4.29. The normalized spacial score (nSPS) is 19.4. The van der Waals surface area contributed by atoms with E-state index in [2.05, 4.69) is 33.7 Å². The van der Waals surface area contributed by atoms with E-state index in [1.165, 1.54) is 51.0 Å². The number of aryl methyl sites for hydroxylation is 2. The Labute approximate surface area is 116 Å². The molecule has 2 N–H and O–H groups in total. The second-order valence-corrected chi connectivity index (χ2v) is 5.71. The Morgan fingerprint density at radius 1 is 1.11 bits per heavy atom. The molecule has 0 amide bonds. The lowest BCUT2D eigenvalue weighted by molar-refractivity contribution is 0.240. The molecule has 1 aromatic rings. The number of nitrogens with one attached hydrogen (secondary N) is 2. The maximum atomic E-state index is 3.57. The van der Waals surface area contributed by atoms with Crippen LogP contribution in [-0.2, 0) is 12.8 Å². The van der Waals surface area contributed by atoms with Crippen LogP contribution >= 0.6 is 0 Å². The molecule has 3 rings (SSSR count). The van der Waals surface area contributed by atoms with Gasteiger partial charge in [-0.15, -0.1) is 0 Å². The zero-order valence-corrected chi connectivity index (χ0v) is 11.8. The standard InChI is InChI=1S/C16H25N3/c1-3-14-5-6-16(13-15(14)4-1)18-7-2-10-19-11-8-17-9-12-19/h5-6,13,17-18H,1-4,7-12H2. The Hall–Kier alpha value is -1.06. The van der Waals surface area contributed by atoms with Crippen LogP contribution in [0.25, 0.3) is 0 Å². The Kier molecular flexibility index (Phi) is 4.36. The summed E-state index contributed by atoms with van der Waals surface area (Å²) < 4.78 is 0. The molecule has 104 valence electrons. The summed E-state index contributed by atoms with van der Waals surface area (Å²) in [5.74, 6) is 0. The van der Waals surface area contributed by atoms with Gasteiger partial charge in [-0.3, -0.25) is 0 Å². The summed E-state index contributed by atoms with van der Waals surface area (Å²) in [5.41, 5.74) is 4.43. The molecule has 0 spiro atoms. The summed E-state index contributed by atoms with van der Waals surface area (Å²) in [4.78, 5) is 2.56. The van der Waals surface area contributed by atoms with Crippen LogP contribution in [0.15, 0.2) is 18.2 Å². The van der Waals surface area contributed by atoms with Gasteiger partial charge in [0.15, 0.2) is 0 Å². The highest BCUT2D eigenvalue weighted by Crippen LogP contribution is 2.24. The van der Waals surface area contributed by atoms with E-state index in [1.807, 2.05) is 0 Å². The average Bonchev–Trinajstić information content (AvgIpc) is 2.92. The fraction of sp³-hybridized carbons (Fsp3) is 0.625. The lowest BCUT2D eigenvalue weighted by Gasteiger charge is -2.27. The van der Waals surface area contributed by atoms with Gasteiger partial charge in [-0.1, -0.05) is 6.07 Å². The van der Waals surface area contributed by atoms with Gasteiger partial charge in [-0.05, 0) is 55.5 Å². The minimum atomic E-state index is 1.09. The molecule has 1 aliphatic carbocycles. The average molecular weight is 259 g/mol. The van der Waals surface area contributed by atoms with Crippen molar-refractivity contribution in [3.63, 3.8) is 0 Å². The van der Waals surface area contributed by atoms with Gasteiger partial charge in [0.25, 0.3) is 0 Å². The van der Waals surface area contributed by atoms with E-state index in [-0.39, 0.29) is 0 Å². The summed E-state index contributed by atoms with van der Waals surface area (Å²) in [6, 6.07) is 6.91. The summed E-state index contributed by atoms with van der Waals surface area (Å²) in [7, 11) is 0. The molecular formula is C16H25N3. The zero-order valence-electron chi connectivity index (χ0n) is 11.8. The minimum Gasteiger partial charge on any atom is -0.385 e. The molecule has 0 atom stereocenters. The highest BCUT2D eigenvalue weighted by Gasteiger charge is 2.11. The fourth-order valence-electron chi connectivity index (χ4n) is 3.15. The van der Waals surface area contributed by atoms with Gasteiger partial charge in [-0.25, -0.2) is 0 Å². The summed E-state index contributed by atoms with van der Waals surface area (Å²) in [6.07, 6.45) is 5.11. The number of nitrogens with zero attached hydrogens (tertiary/aromatic N) is 1. The molecule has 1 aromatic carbocycles. The number of fused-ring (bicyclic) bond motifs is 1. The Morgan fingerprint density at radius 3 is 2.84 bits per heavy atom. The van der Waals surface area contributed by atoms with E-state index in [9.17, 15) is 0 Å². The fourth-order valence-corrected chi connectivity index (χ4v) is 3.15. The first-order valence-electron chi connectivity index (χ1n) is 7.70. The molecule has 1 saturated heterocycles. The summed E-state index contributed by atoms with van der Waals surface area (Å²) in [5, 5.41) is 6.97. The molecule has 3 heteroatoms. The number of benzene rings is 1. The molecule has 1 heterocycles. The van der Waals surface area contributed by atoms with Crippen molar-refractivity contribution >= 4 is 5.69 Å². The zero-order chi connectivity index (χ0) is 12.9. The molecule has 0 bridgehead atoms. The first-order chi connectivity index (χ1) is 9.42. The van der Waals surface area contributed by atoms with E-state index in [4.69, 9.17) is 0 Å². The van der Waals surface area contributed by atoms with Crippen molar-refractivity contribution in [2.24, 2.45) is 0 Å². The van der Waals surface area contributed by atoms with Crippen molar-refractivity contribution in [3.8, 4) is 0 Å². The van der Waals surface area contributed by atoms with Crippen LogP contribution < -0.4 is 10.6 Å². The van der Waals surface area contributed by atoms with Gasteiger partial charge in [-0.2, -0.15) is 0 Å². The first kappa shape index (κ1) is 12.9. The van der Waals surface area contributed by atoms with Crippen molar-refractivity contribution in [1.82, 2.24) is 10.2 Å². The van der Waals surface area contributed by atoms with Crippen LogP contribution in [0.4, 0.5) is 5.69 Å². The van der Waals surface area contributed by atoms with Gasteiger partial charge in [0.05, 0.1) is 0 Å². The van der Waals surface area contributed by atoms with Crippen LogP contribution in [0, 0.1) is 0 Å². The third-order valence-corrected chi connectivity index (χ3v) is 4.29. The second kappa shape index (κ2) is 6.40. The van der Waals surface area contributed by atoms with Crippen LogP contribution in [0.2, 0.25) is 0 Å². The lowest BCUT2D eigenvalue weighted by Crippen LogP contribution is -2.44. The van der Waals surface area contributed by atoms with Gasteiger partial charge >= 0.3 is 0 Å². The maximum absolute atomic E-state index is 3.57. The second-order valence-electron chi connectivity index (χ2n) is 5.71. The quantitative estimate of drug-likeness (QED) is 0.791. The van der Waals surface area contributed by atoms with Crippen molar-refractivity contribution in [2.75, 3.05) is 44.6 Å². The number of rotatable bonds is 5. The SMILES string of the molecule is c1cc2c(cc1NCCCN1CCNCC1)CCC2. The van der Waals surface area contributed by atoms with Crippen LogP contribution in [0.3, 0.4) is 0 Å². The number of hydrogen-bond acceptors (Lipinski definition) is 3. The van der Waals surface area contributed by atoms with Gasteiger partial charge < -0.3 is 15.5 Å². The molecule has 0 saturated carbocycles. The van der Waals surface area contributed by atoms with Crippen molar-refractivity contribution in [1.29, 1.82) is 0 Å². The maximum Gasteiger partial charge on any atom is 0.0343 e. The molecule has 0 radical (unpaired) electrons. The number of anilines is 1. The summed E-state index contributed by atoms with van der Waals surface area (Å²) in [6.45, 7) is 7.02. The molecular weight excluding hydrogens is 234 g/mol. The monoisotopic (exact) mass is 259 g/mol. The molecule has 3 nitrogen and oxygen atoms in total. The number of hydrogen-bond donors (Lipinski definition) is 2. The molecule has 1 aliphatic heterocycles. The predicted octanol–water partition coefficient (Wildman–Crippen LogP) is 1.88. The highest BCUT2D eigenvalue weighted by molar-refractivity contribution is 5.50. The Morgan fingerprint density at radius 2 is 1.95 bits per heavy atom. The van der Waals surface area contributed by atoms with E-state index in [1.54, 1.807) is 11.1 Å². The highest BCUT2D eigenvalue weighted by atomic mass is 15.2. The van der Waals surface area contributed by atoms with Crippen LogP contribution in [0.1, 0.15) is 24.0 Å². The Balaban J connectivity index is 1.40. The van der Waals surface area contributed by atoms with Crippen molar-refractivity contribution in [2.45, 2.75) is 25.7 Å². The predicted molar refractivity (Wildman–Crippen MR) is 80.9 cm³/mol. The molecule has 0 unspecified atom stereocenters. The van der Waals surface area contributed by atoms with E-state index >= 15 is 0 Å². The largest absolute Gasteiger partial charge is 0.385 e. The van der Waals surface area contributed by atoms with Crippen LogP contribution in [0.5, 0.6) is 0 Å². The molecule has 0 aromatic heterocycles. The van der Waals surface area contributed by atoms with E-state index in [0.29, 0.717) is 0 Å². The third kappa shape index (κ3) is 3.48. The lowest BCUT2D eigenvalue weighted by atomic mass is 10.1. The number of piperazine rings is 1. The van der Waals surface area contributed by atoms with Crippen molar-refractivity contribution in [3.05, 3.63) is 29.3 Å². The van der Waals surface area contributed by atoms with Gasteiger partial charge in [0.1, 0.15) is 0 Å². The van der Waals surface area contributed by atoms with Crippen molar-refractivity contribution < 1.29 is 0 Å². The summed E-state index contributed by atoms with van der Waals surface area (Å²) >= 11 is 0. The van der Waals surface area contributed by atoms with Crippen LogP contribution in [-0.4, -0.2) is 44.2 Å². The molecule has 19 heavy (non-hydrogen) atoms. The minimum absolute atomic E-state index is 1.09.